The molecule has 3 unspecified atom stereocenters. The molecular formula is C17H26N2O. The van der Waals surface area contributed by atoms with Gasteiger partial charge in [0.05, 0.1) is 12.7 Å². The third-order valence-electron chi connectivity index (χ3n) is 4.70. The third kappa shape index (κ3) is 3.40. The fraction of sp³-hybridized carbons (Fsp3) is 0.647. The second-order valence-electron chi connectivity index (χ2n) is 6.23. The van der Waals surface area contributed by atoms with Gasteiger partial charge in [0.15, 0.2) is 0 Å². The van der Waals surface area contributed by atoms with E-state index in [1.165, 1.54) is 31.2 Å². The van der Waals surface area contributed by atoms with Gasteiger partial charge in [0, 0.05) is 25.2 Å². The topological polar surface area (TPSA) is 38.5 Å². The van der Waals surface area contributed by atoms with Crippen LogP contribution in [0.15, 0.2) is 30.3 Å². The van der Waals surface area contributed by atoms with E-state index in [2.05, 4.69) is 35.2 Å². The number of rotatable bonds is 4. The zero-order valence-corrected chi connectivity index (χ0v) is 12.2. The Hall–Kier alpha value is -0.900. The van der Waals surface area contributed by atoms with Crippen molar-refractivity contribution < 1.29 is 4.74 Å². The number of ether oxygens (including phenoxy) is 1. The van der Waals surface area contributed by atoms with Crippen LogP contribution in [-0.4, -0.2) is 36.2 Å². The Morgan fingerprint density at radius 3 is 2.65 bits per heavy atom. The van der Waals surface area contributed by atoms with E-state index in [0.717, 1.165) is 26.1 Å². The molecule has 2 N–H and O–H groups in total. The average molecular weight is 274 g/mol. The van der Waals surface area contributed by atoms with E-state index >= 15 is 0 Å². The van der Waals surface area contributed by atoms with Gasteiger partial charge >= 0.3 is 0 Å². The fourth-order valence-corrected chi connectivity index (χ4v) is 3.58. The molecule has 1 heterocycles. The molecule has 0 spiro atoms. The van der Waals surface area contributed by atoms with Gasteiger partial charge in [0.25, 0.3) is 0 Å². The molecule has 1 aromatic rings. The molecule has 110 valence electrons. The van der Waals surface area contributed by atoms with Crippen molar-refractivity contribution in [2.24, 2.45) is 5.73 Å². The third-order valence-corrected chi connectivity index (χ3v) is 4.70. The lowest BCUT2D eigenvalue weighted by atomic mass is 9.91. The number of hydrogen-bond acceptors (Lipinski definition) is 3. The Kier molecular flexibility index (Phi) is 4.71. The first kappa shape index (κ1) is 14.1. The van der Waals surface area contributed by atoms with E-state index in [1.807, 2.05) is 0 Å². The minimum absolute atomic E-state index is 0.367. The van der Waals surface area contributed by atoms with Crippen LogP contribution in [0.3, 0.4) is 0 Å². The predicted octanol–water partition coefficient (Wildman–Crippen LogP) is 2.55. The minimum Gasteiger partial charge on any atom is -0.372 e. The van der Waals surface area contributed by atoms with Crippen molar-refractivity contribution in [3.63, 3.8) is 0 Å². The number of nitrogens with zero attached hydrogens (tertiary/aromatic N) is 1. The van der Waals surface area contributed by atoms with E-state index in [9.17, 15) is 0 Å². The zero-order valence-electron chi connectivity index (χ0n) is 12.2. The van der Waals surface area contributed by atoms with Gasteiger partial charge < -0.3 is 10.5 Å². The molecule has 3 nitrogen and oxygen atoms in total. The maximum Gasteiger partial charge on any atom is 0.0734 e. The van der Waals surface area contributed by atoms with Gasteiger partial charge in [0.2, 0.25) is 0 Å². The van der Waals surface area contributed by atoms with Crippen LogP contribution in [0.5, 0.6) is 0 Å². The molecule has 3 heteroatoms. The van der Waals surface area contributed by atoms with Crippen LogP contribution in [0.2, 0.25) is 0 Å². The molecule has 0 bridgehead atoms. The summed E-state index contributed by atoms with van der Waals surface area (Å²) in [5, 5.41) is 0. The standard InChI is InChI=1S/C17H26N2O/c18-15-10-11-19(12-15)16-8-4-5-9-17(16)20-13-14-6-2-1-3-7-14/h1-3,6-7,15-17H,4-5,8-13,18H2. The average Bonchev–Trinajstić information content (AvgIpc) is 2.93. The second kappa shape index (κ2) is 6.70. The largest absolute Gasteiger partial charge is 0.372 e. The lowest BCUT2D eigenvalue weighted by Crippen LogP contribution is -2.46. The van der Waals surface area contributed by atoms with Crippen LogP contribution in [0, 0.1) is 0 Å². The summed E-state index contributed by atoms with van der Waals surface area (Å²) < 4.78 is 6.25. The number of hydrogen-bond donors (Lipinski definition) is 1. The summed E-state index contributed by atoms with van der Waals surface area (Å²) in [4.78, 5) is 2.57. The van der Waals surface area contributed by atoms with Crippen molar-refractivity contribution >= 4 is 0 Å². The summed E-state index contributed by atoms with van der Waals surface area (Å²) in [6, 6.07) is 11.5. The molecule has 1 aliphatic heterocycles. The maximum absolute atomic E-state index is 6.25. The summed E-state index contributed by atoms with van der Waals surface area (Å²) in [6.07, 6.45) is 6.63. The van der Waals surface area contributed by atoms with Gasteiger partial charge in [-0.1, -0.05) is 43.2 Å². The summed E-state index contributed by atoms with van der Waals surface area (Å²) in [7, 11) is 0. The highest BCUT2D eigenvalue weighted by Crippen LogP contribution is 2.28. The van der Waals surface area contributed by atoms with Crippen LogP contribution < -0.4 is 5.73 Å². The lowest BCUT2D eigenvalue weighted by molar-refractivity contribution is -0.0392. The molecule has 0 radical (unpaired) electrons. The van der Waals surface area contributed by atoms with Gasteiger partial charge in [0.1, 0.15) is 0 Å². The SMILES string of the molecule is NC1CCN(C2CCCCC2OCc2ccccc2)C1. The molecule has 3 atom stereocenters. The molecule has 3 rings (SSSR count). The summed E-state index contributed by atoms with van der Waals surface area (Å²) >= 11 is 0. The Morgan fingerprint density at radius 2 is 1.90 bits per heavy atom. The summed E-state index contributed by atoms with van der Waals surface area (Å²) in [6.45, 7) is 2.94. The van der Waals surface area contributed by atoms with Gasteiger partial charge in [-0.2, -0.15) is 0 Å². The van der Waals surface area contributed by atoms with Crippen molar-refractivity contribution in [2.75, 3.05) is 13.1 Å². The Bertz CT molecular complexity index is 409. The Balaban J connectivity index is 1.58. The summed E-state index contributed by atoms with van der Waals surface area (Å²) in [5.74, 6) is 0. The minimum atomic E-state index is 0.367. The first-order chi connectivity index (χ1) is 9.83. The van der Waals surface area contributed by atoms with Crippen molar-refractivity contribution in [1.82, 2.24) is 4.90 Å². The molecular weight excluding hydrogens is 248 g/mol. The summed E-state index contributed by atoms with van der Waals surface area (Å²) in [5.41, 5.74) is 7.33. The van der Waals surface area contributed by atoms with Crippen molar-refractivity contribution in [2.45, 2.75) is 56.9 Å². The van der Waals surface area contributed by atoms with Crippen LogP contribution >= 0.6 is 0 Å². The quantitative estimate of drug-likeness (QED) is 0.917. The molecule has 1 aliphatic carbocycles. The molecule has 0 aromatic heterocycles. The zero-order chi connectivity index (χ0) is 13.8. The highest BCUT2D eigenvalue weighted by molar-refractivity contribution is 5.13. The highest BCUT2D eigenvalue weighted by atomic mass is 16.5. The van der Waals surface area contributed by atoms with E-state index in [4.69, 9.17) is 10.5 Å². The fourth-order valence-electron chi connectivity index (χ4n) is 3.58. The van der Waals surface area contributed by atoms with Crippen molar-refractivity contribution in [1.29, 1.82) is 0 Å². The molecule has 1 saturated heterocycles. The number of nitrogens with two attached hydrogens (primary N) is 1. The van der Waals surface area contributed by atoms with E-state index in [-0.39, 0.29) is 0 Å². The Morgan fingerprint density at radius 1 is 1.10 bits per heavy atom. The van der Waals surface area contributed by atoms with Crippen molar-refractivity contribution in [3.8, 4) is 0 Å². The molecule has 0 amide bonds. The lowest BCUT2D eigenvalue weighted by Gasteiger charge is -2.37. The highest BCUT2D eigenvalue weighted by Gasteiger charge is 2.34. The molecule has 2 fully saturated rings. The van der Waals surface area contributed by atoms with E-state index < -0.39 is 0 Å². The van der Waals surface area contributed by atoms with Gasteiger partial charge in [-0.25, -0.2) is 0 Å². The first-order valence-corrected chi connectivity index (χ1v) is 7.98. The number of likely N-dealkylation sites (tertiary alicyclic amines) is 1. The monoisotopic (exact) mass is 274 g/mol. The smallest absolute Gasteiger partial charge is 0.0734 e. The van der Waals surface area contributed by atoms with Crippen LogP contribution in [-0.2, 0) is 11.3 Å². The van der Waals surface area contributed by atoms with Crippen LogP contribution in [0.1, 0.15) is 37.7 Å². The molecule has 2 aliphatic rings. The predicted molar refractivity (Wildman–Crippen MR) is 81.4 cm³/mol. The number of benzene rings is 1. The first-order valence-electron chi connectivity index (χ1n) is 7.98. The van der Waals surface area contributed by atoms with Crippen molar-refractivity contribution in [3.05, 3.63) is 35.9 Å². The van der Waals surface area contributed by atoms with Gasteiger partial charge in [-0.15, -0.1) is 0 Å². The Labute approximate surface area is 122 Å². The molecule has 1 aromatic carbocycles. The van der Waals surface area contributed by atoms with Crippen LogP contribution in [0.25, 0.3) is 0 Å². The van der Waals surface area contributed by atoms with Crippen LogP contribution in [0.4, 0.5) is 0 Å². The molecule has 20 heavy (non-hydrogen) atoms. The second-order valence-corrected chi connectivity index (χ2v) is 6.23. The van der Waals surface area contributed by atoms with E-state index in [0.29, 0.717) is 18.2 Å². The van der Waals surface area contributed by atoms with Gasteiger partial charge in [-0.05, 0) is 24.8 Å². The normalized spacial score (nSPS) is 31.6. The van der Waals surface area contributed by atoms with E-state index in [1.54, 1.807) is 0 Å². The molecule has 1 saturated carbocycles. The van der Waals surface area contributed by atoms with Gasteiger partial charge in [-0.3, -0.25) is 4.90 Å². The maximum atomic E-state index is 6.25.